The predicted molar refractivity (Wildman–Crippen MR) is 71.8 cm³/mol. The molecule has 94 valence electrons. The molecule has 1 aromatic carbocycles. The summed E-state index contributed by atoms with van der Waals surface area (Å²) >= 11 is 0. The maximum Gasteiger partial charge on any atom is 0.122 e. The highest BCUT2D eigenvalue weighted by molar-refractivity contribution is 5.51. The van der Waals surface area contributed by atoms with Crippen molar-refractivity contribution in [1.29, 1.82) is 0 Å². The molecule has 1 N–H and O–H groups in total. The van der Waals surface area contributed by atoms with Crippen LogP contribution in [0.1, 0.15) is 47.9 Å². The molecule has 1 aliphatic heterocycles. The van der Waals surface area contributed by atoms with Gasteiger partial charge in [0.25, 0.3) is 0 Å². The van der Waals surface area contributed by atoms with Crippen LogP contribution >= 0.6 is 0 Å². The van der Waals surface area contributed by atoms with E-state index in [2.05, 4.69) is 32.2 Å². The van der Waals surface area contributed by atoms with Gasteiger partial charge in [0.15, 0.2) is 0 Å². The van der Waals surface area contributed by atoms with Crippen molar-refractivity contribution in [2.75, 3.05) is 13.7 Å². The van der Waals surface area contributed by atoms with Gasteiger partial charge in [0, 0.05) is 24.6 Å². The van der Waals surface area contributed by atoms with Crippen LogP contribution in [0.2, 0.25) is 0 Å². The number of nitrogens with one attached hydrogen (secondary N) is 1. The van der Waals surface area contributed by atoms with E-state index in [0.717, 1.165) is 18.8 Å². The second-order valence-electron chi connectivity index (χ2n) is 5.03. The topological polar surface area (TPSA) is 21.3 Å². The van der Waals surface area contributed by atoms with E-state index in [0.29, 0.717) is 5.92 Å². The van der Waals surface area contributed by atoms with Crippen LogP contribution in [0.15, 0.2) is 6.07 Å². The highest BCUT2D eigenvalue weighted by Gasteiger charge is 2.25. The summed E-state index contributed by atoms with van der Waals surface area (Å²) < 4.78 is 5.60. The summed E-state index contributed by atoms with van der Waals surface area (Å²) in [7, 11) is 1.79. The van der Waals surface area contributed by atoms with E-state index >= 15 is 0 Å². The lowest BCUT2D eigenvalue weighted by atomic mass is 9.83. The van der Waals surface area contributed by atoms with Gasteiger partial charge in [-0.1, -0.05) is 13.3 Å². The lowest BCUT2D eigenvalue weighted by Crippen LogP contribution is -2.29. The summed E-state index contributed by atoms with van der Waals surface area (Å²) in [6.07, 6.45) is 2.46. The first-order valence-electron chi connectivity index (χ1n) is 6.56. The van der Waals surface area contributed by atoms with Crippen LogP contribution in [-0.4, -0.2) is 13.7 Å². The summed E-state index contributed by atoms with van der Waals surface area (Å²) in [4.78, 5) is 0. The minimum absolute atomic E-state index is 0.609. The highest BCUT2D eigenvalue weighted by Crippen LogP contribution is 2.38. The van der Waals surface area contributed by atoms with Gasteiger partial charge in [-0.3, -0.25) is 0 Å². The molecule has 0 aliphatic carbocycles. The lowest BCUT2D eigenvalue weighted by Gasteiger charge is -2.30. The Morgan fingerprint density at radius 1 is 1.41 bits per heavy atom. The largest absolute Gasteiger partial charge is 0.496 e. The van der Waals surface area contributed by atoms with Crippen molar-refractivity contribution in [3.8, 4) is 5.75 Å². The fraction of sp³-hybridized carbons (Fsp3) is 0.600. The minimum atomic E-state index is 0.609. The third kappa shape index (κ3) is 2.19. The number of benzene rings is 1. The SMILES string of the molecule is CCCC1CNCc2c(C)c(C)cc(OC)c21. The average Bonchev–Trinajstić information content (AvgIpc) is 2.34. The molecule has 0 spiro atoms. The van der Waals surface area contributed by atoms with Crippen molar-refractivity contribution in [1.82, 2.24) is 5.32 Å². The minimum Gasteiger partial charge on any atom is -0.496 e. The maximum atomic E-state index is 5.60. The van der Waals surface area contributed by atoms with Gasteiger partial charge in [-0.2, -0.15) is 0 Å². The standard InChI is InChI=1S/C15H23NO/c1-5-6-12-8-16-9-13-11(3)10(2)7-14(17-4)15(12)13/h7,12,16H,5-6,8-9H2,1-4H3. The zero-order chi connectivity index (χ0) is 12.4. The fourth-order valence-electron chi connectivity index (χ4n) is 2.88. The second-order valence-corrected chi connectivity index (χ2v) is 5.03. The van der Waals surface area contributed by atoms with E-state index in [-0.39, 0.29) is 0 Å². The normalized spacial score (nSPS) is 18.9. The number of hydrogen-bond donors (Lipinski definition) is 1. The van der Waals surface area contributed by atoms with Gasteiger partial charge in [-0.05, 0) is 43.0 Å². The summed E-state index contributed by atoms with van der Waals surface area (Å²) in [6, 6.07) is 2.20. The lowest BCUT2D eigenvalue weighted by molar-refractivity contribution is 0.393. The van der Waals surface area contributed by atoms with Crippen LogP contribution in [0.3, 0.4) is 0 Å². The Labute approximate surface area is 104 Å². The molecule has 2 rings (SSSR count). The Hall–Kier alpha value is -1.02. The molecule has 1 aromatic rings. The van der Waals surface area contributed by atoms with Crippen LogP contribution in [0.4, 0.5) is 0 Å². The van der Waals surface area contributed by atoms with Crippen molar-refractivity contribution >= 4 is 0 Å². The molecule has 2 heteroatoms. The summed E-state index contributed by atoms with van der Waals surface area (Å²) in [5.41, 5.74) is 5.68. The smallest absolute Gasteiger partial charge is 0.122 e. The number of methoxy groups -OCH3 is 1. The maximum absolute atomic E-state index is 5.60. The molecule has 0 aromatic heterocycles. The van der Waals surface area contributed by atoms with Gasteiger partial charge in [-0.25, -0.2) is 0 Å². The fourth-order valence-corrected chi connectivity index (χ4v) is 2.88. The predicted octanol–water partition coefficient (Wildman–Crippen LogP) is 3.30. The Balaban J connectivity index is 2.54. The van der Waals surface area contributed by atoms with Crippen molar-refractivity contribution < 1.29 is 4.74 Å². The third-order valence-electron chi connectivity index (χ3n) is 3.94. The van der Waals surface area contributed by atoms with E-state index in [1.54, 1.807) is 7.11 Å². The second kappa shape index (κ2) is 5.09. The molecular weight excluding hydrogens is 210 g/mol. The van der Waals surface area contributed by atoms with Gasteiger partial charge in [0.2, 0.25) is 0 Å². The quantitative estimate of drug-likeness (QED) is 0.865. The number of rotatable bonds is 3. The van der Waals surface area contributed by atoms with Crippen molar-refractivity contribution in [3.05, 3.63) is 28.3 Å². The van der Waals surface area contributed by atoms with E-state index in [9.17, 15) is 0 Å². The molecule has 1 atom stereocenters. The van der Waals surface area contributed by atoms with Crippen LogP contribution in [0, 0.1) is 13.8 Å². The van der Waals surface area contributed by atoms with Gasteiger partial charge in [0.1, 0.15) is 5.75 Å². The van der Waals surface area contributed by atoms with Gasteiger partial charge in [0.05, 0.1) is 7.11 Å². The van der Waals surface area contributed by atoms with Crippen molar-refractivity contribution in [2.45, 2.75) is 46.1 Å². The van der Waals surface area contributed by atoms with Gasteiger partial charge in [-0.15, -0.1) is 0 Å². The van der Waals surface area contributed by atoms with Gasteiger partial charge >= 0.3 is 0 Å². The number of hydrogen-bond acceptors (Lipinski definition) is 2. The van der Waals surface area contributed by atoms with Crippen LogP contribution in [0.5, 0.6) is 5.75 Å². The number of ether oxygens (including phenoxy) is 1. The molecule has 0 bridgehead atoms. The molecule has 0 amide bonds. The first-order chi connectivity index (χ1) is 8.19. The molecule has 0 fully saturated rings. The van der Waals surface area contributed by atoms with Crippen LogP contribution in [0.25, 0.3) is 0 Å². The molecule has 1 heterocycles. The van der Waals surface area contributed by atoms with Crippen LogP contribution in [-0.2, 0) is 6.54 Å². The molecule has 1 unspecified atom stereocenters. The highest BCUT2D eigenvalue weighted by atomic mass is 16.5. The van der Waals surface area contributed by atoms with E-state index in [1.165, 1.54) is 35.1 Å². The zero-order valence-electron chi connectivity index (χ0n) is 11.4. The van der Waals surface area contributed by atoms with Gasteiger partial charge < -0.3 is 10.1 Å². The molecule has 2 nitrogen and oxygen atoms in total. The van der Waals surface area contributed by atoms with Crippen molar-refractivity contribution in [2.24, 2.45) is 0 Å². The first-order valence-corrected chi connectivity index (χ1v) is 6.56. The molecule has 17 heavy (non-hydrogen) atoms. The zero-order valence-corrected chi connectivity index (χ0v) is 11.4. The number of aryl methyl sites for hydroxylation is 1. The van der Waals surface area contributed by atoms with Crippen LogP contribution < -0.4 is 10.1 Å². The van der Waals surface area contributed by atoms with E-state index < -0.39 is 0 Å². The first kappa shape index (κ1) is 12.4. The number of fused-ring (bicyclic) bond motifs is 1. The summed E-state index contributed by atoms with van der Waals surface area (Å²) in [5, 5.41) is 3.54. The summed E-state index contributed by atoms with van der Waals surface area (Å²) in [6.45, 7) is 8.71. The molecule has 0 saturated carbocycles. The molecule has 0 saturated heterocycles. The third-order valence-corrected chi connectivity index (χ3v) is 3.94. The van der Waals surface area contributed by atoms with Crippen molar-refractivity contribution in [3.63, 3.8) is 0 Å². The Bertz CT molecular complexity index is 412. The molecular formula is C15H23NO. The molecule has 1 aliphatic rings. The molecule has 0 radical (unpaired) electrons. The summed E-state index contributed by atoms with van der Waals surface area (Å²) in [5.74, 6) is 1.70. The Morgan fingerprint density at radius 2 is 2.18 bits per heavy atom. The average molecular weight is 233 g/mol. The van der Waals surface area contributed by atoms with E-state index in [1.807, 2.05) is 0 Å². The monoisotopic (exact) mass is 233 g/mol. The Morgan fingerprint density at radius 3 is 2.82 bits per heavy atom. The van der Waals surface area contributed by atoms with E-state index in [4.69, 9.17) is 4.74 Å². The Kier molecular flexibility index (Phi) is 3.72.